The largest absolute Gasteiger partial charge is 0.369 e. The van der Waals surface area contributed by atoms with Gasteiger partial charge in [0.2, 0.25) is 11.8 Å². The summed E-state index contributed by atoms with van der Waals surface area (Å²) in [5.41, 5.74) is 10.9. The second-order valence-electron chi connectivity index (χ2n) is 5.69. The highest BCUT2D eigenvalue weighted by Crippen LogP contribution is 2.29. The van der Waals surface area contributed by atoms with Gasteiger partial charge in [-0.05, 0) is 25.7 Å². The lowest BCUT2D eigenvalue weighted by atomic mass is 9.81. The van der Waals surface area contributed by atoms with E-state index in [-0.39, 0.29) is 30.1 Å². The molecule has 0 aromatic carbocycles. The second kappa shape index (κ2) is 6.57. The number of nitrogens with zero attached hydrogens (tertiary/aromatic N) is 1. The summed E-state index contributed by atoms with van der Waals surface area (Å²) in [7, 11) is 0. The van der Waals surface area contributed by atoms with E-state index in [2.05, 4.69) is 0 Å². The maximum atomic E-state index is 12.4. The van der Waals surface area contributed by atoms with Gasteiger partial charge < -0.3 is 16.4 Å². The fourth-order valence-corrected chi connectivity index (χ4v) is 3.08. The van der Waals surface area contributed by atoms with Crippen molar-refractivity contribution in [3.8, 4) is 0 Å². The SMILES string of the molecule is Cl.NC(=O)C1CCN(C(=O)C2(N)CCCCC2)CC1. The Bertz CT molecular complexity index is 335. The van der Waals surface area contributed by atoms with Crippen LogP contribution in [0.4, 0.5) is 0 Å². The van der Waals surface area contributed by atoms with Crippen molar-refractivity contribution in [2.75, 3.05) is 13.1 Å². The van der Waals surface area contributed by atoms with Crippen LogP contribution in [0.5, 0.6) is 0 Å². The summed E-state index contributed by atoms with van der Waals surface area (Å²) in [6, 6.07) is 0. The highest BCUT2D eigenvalue weighted by atomic mass is 35.5. The third-order valence-electron chi connectivity index (χ3n) is 4.36. The summed E-state index contributed by atoms with van der Waals surface area (Å²) >= 11 is 0. The quantitative estimate of drug-likeness (QED) is 0.788. The monoisotopic (exact) mass is 289 g/mol. The van der Waals surface area contributed by atoms with E-state index >= 15 is 0 Å². The van der Waals surface area contributed by atoms with E-state index in [9.17, 15) is 9.59 Å². The molecule has 2 aliphatic rings. The van der Waals surface area contributed by atoms with Crippen molar-refractivity contribution in [2.24, 2.45) is 17.4 Å². The molecule has 0 bridgehead atoms. The number of rotatable bonds is 2. The molecule has 1 aliphatic heterocycles. The van der Waals surface area contributed by atoms with E-state index in [1.54, 1.807) is 0 Å². The summed E-state index contributed by atoms with van der Waals surface area (Å²) < 4.78 is 0. The molecule has 110 valence electrons. The summed E-state index contributed by atoms with van der Waals surface area (Å²) in [6.45, 7) is 1.23. The summed E-state index contributed by atoms with van der Waals surface area (Å²) in [4.78, 5) is 25.4. The minimum Gasteiger partial charge on any atom is -0.369 e. The fourth-order valence-electron chi connectivity index (χ4n) is 3.08. The van der Waals surface area contributed by atoms with Gasteiger partial charge in [-0.1, -0.05) is 19.3 Å². The lowest BCUT2D eigenvalue weighted by molar-refractivity contribution is -0.141. The van der Waals surface area contributed by atoms with Gasteiger partial charge >= 0.3 is 0 Å². The normalized spacial score (nSPS) is 23.5. The van der Waals surface area contributed by atoms with Gasteiger partial charge in [-0.3, -0.25) is 9.59 Å². The number of carbonyl (C=O) groups excluding carboxylic acids is 2. The first-order chi connectivity index (χ1) is 8.53. The third kappa shape index (κ3) is 3.60. The highest BCUT2D eigenvalue weighted by Gasteiger charge is 2.39. The van der Waals surface area contributed by atoms with Gasteiger partial charge in [0.1, 0.15) is 0 Å². The molecule has 0 unspecified atom stereocenters. The Labute approximate surface area is 120 Å². The van der Waals surface area contributed by atoms with E-state index in [1.165, 1.54) is 6.42 Å². The minimum absolute atomic E-state index is 0. The Balaban J connectivity index is 0.00000180. The van der Waals surface area contributed by atoms with Crippen LogP contribution in [0.25, 0.3) is 0 Å². The number of halogens is 1. The number of hydrogen-bond acceptors (Lipinski definition) is 3. The number of piperidine rings is 1. The summed E-state index contributed by atoms with van der Waals surface area (Å²) in [6.07, 6.45) is 6.20. The van der Waals surface area contributed by atoms with Gasteiger partial charge in [0, 0.05) is 19.0 Å². The first kappa shape index (κ1) is 16.2. The molecule has 6 heteroatoms. The van der Waals surface area contributed by atoms with Crippen molar-refractivity contribution >= 4 is 24.2 Å². The Hall–Kier alpha value is -0.810. The van der Waals surface area contributed by atoms with Crippen LogP contribution in [0, 0.1) is 5.92 Å². The molecule has 1 saturated carbocycles. The second-order valence-corrected chi connectivity index (χ2v) is 5.69. The number of carbonyl (C=O) groups is 2. The van der Waals surface area contributed by atoms with Crippen LogP contribution in [0.1, 0.15) is 44.9 Å². The van der Waals surface area contributed by atoms with E-state index in [0.29, 0.717) is 25.9 Å². The van der Waals surface area contributed by atoms with E-state index in [4.69, 9.17) is 11.5 Å². The average molecular weight is 290 g/mol. The van der Waals surface area contributed by atoms with Crippen LogP contribution < -0.4 is 11.5 Å². The molecule has 1 saturated heterocycles. The van der Waals surface area contributed by atoms with Crippen molar-refractivity contribution in [3.05, 3.63) is 0 Å². The van der Waals surface area contributed by atoms with Crippen molar-refractivity contribution in [1.29, 1.82) is 0 Å². The van der Waals surface area contributed by atoms with Crippen LogP contribution in [-0.4, -0.2) is 35.3 Å². The molecule has 0 aromatic rings. The lowest BCUT2D eigenvalue weighted by Crippen LogP contribution is -2.58. The number of likely N-dealkylation sites (tertiary alicyclic amines) is 1. The first-order valence-corrected chi connectivity index (χ1v) is 6.90. The first-order valence-electron chi connectivity index (χ1n) is 6.90. The summed E-state index contributed by atoms with van der Waals surface area (Å²) in [5, 5.41) is 0. The smallest absolute Gasteiger partial charge is 0.242 e. The van der Waals surface area contributed by atoms with Crippen molar-refractivity contribution in [2.45, 2.75) is 50.5 Å². The fraction of sp³-hybridized carbons (Fsp3) is 0.846. The zero-order valence-electron chi connectivity index (χ0n) is 11.3. The lowest BCUT2D eigenvalue weighted by Gasteiger charge is -2.39. The molecular weight excluding hydrogens is 266 g/mol. The van der Waals surface area contributed by atoms with Crippen LogP contribution in [0.15, 0.2) is 0 Å². The molecular formula is C13H24ClN3O2. The number of amides is 2. The van der Waals surface area contributed by atoms with Crippen molar-refractivity contribution in [3.63, 3.8) is 0 Å². The Morgan fingerprint density at radius 1 is 1.05 bits per heavy atom. The van der Waals surface area contributed by atoms with Crippen LogP contribution in [0.2, 0.25) is 0 Å². The number of hydrogen-bond donors (Lipinski definition) is 2. The Morgan fingerprint density at radius 3 is 2.05 bits per heavy atom. The molecule has 4 N–H and O–H groups in total. The van der Waals surface area contributed by atoms with Gasteiger partial charge in [-0.2, -0.15) is 0 Å². The maximum absolute atomic E-state index is 12.4. The zero-order valence-corrected chi connectivity index (χ0v) is 12.1. The number of primary amides is 1. The average Bonchev–Trinajstić information content (AvgIpc) is 2.39. The molecule has 19 heavy (non-hydrogen) atoms. The molecule has 1 heterocycles. The van der Waals surface area contributed by atoms with Gasteiger partial charge in [0.15, 0.2) is 0 Å². The van der Waals surface area contributed by atoms with Gasteiger partial charge in [-0.15, -0.1) is 12.4 Å². The van der Waals surface area contributed by atoms with E-state index in [0.717, 1.165) is 25.7 Å². The standard InChI is InChI=1S/C13H23N3O2.ClH/c14-11(17)10-4-8-16(9-5-10)12(18)13(15)6-2-1-3-7-13;/h10H,1-9,15H2,(H2,14,17);1H. The van der Waals surface area contributed by atoms with Crippen LogP contribution in [0.3, 0.4) is 0 Å². The predicted octanol–water partition coefficient (Wildman–Crippen LogP) is 0.794. The Kier molecular flexibility index (Phi) is 5.62. The number of nitrogens with two attached hydrogens (primary N) is 2. The summed E-state index contributed by atoms with van der Waals surface area (Å²) in [5.74, 6) is -0.249. The van der Waals surface area contributed by atoms with Crippen LogP contribution >= 0.6 is 12.4 Å². The molecule has 1 aliphatic carbocycles. The molecule has 0 aromatic heterocycles. The van der Waals surface area contributed by atoms with Crippen LogP contribution in [-0.2, 0) is 9.59 Å². The topological polar surface area (TPSA) is 89.4 Å². The van der Waals surface area contributed by atoms with E-state index in [1.807, 2.05) is 4.90 Å². The molecule has 0 atom stereocenters. The molecule has 2 rings (SSSR count). The molecule has 2 amide bonds. The van der Waals surface area contributed by atoms with Gasteiger partial charge in [0.25, 0.3) is 0 Å². The highest BCUT2D eigenvalue weighted by molar-refractivity contribution is 5.86. The van der Waals surface area contributed by atoms with Crippen molar-refractivity contribution < 1.29 is 9.59 Å². The zero-order chi connectivity index (χ0) is 13.2. The van der Waals surface area contributed by atoms with Crippen molar-refractivity contribution in [1.82, 2.24) is 4.90 Å². The van der Waals surface area contributed by atoms with Gasteiger partial charge in [0.05, 0.1) is 5.54 Å². The Morgan fingerprint density at radius 2 is 1.58 bits per heavy atom. The maximum Gasteiger partial charge on any atom is 0.242 e. The molecule has 0 spiro atoms. The third-order valence-corrected chi connectivity index (χ3v) is 4.36. The van der Waals surface area contributed by atoms with E-state index < -0.39 is 5.54 Å². The van der Waals surface area contributed by atoms with Gasteiger partial charge in [-0.25, -0.2) is 0 Å². The molecule has 0 radical (unpaired) electrons. The predicted molar refractivity (Wildman–Crippen MR) is 75.7 cm³/mol. The minimum atomic E-state index is -0.655. The molecule has 2 fully saturated rings. The molecule has 5 nitrogen and oxygen atoms in total.